The van der Waals surface area contributed by atoms with E-state index in [0.717, 1.165) is 38.4 Å². The van der Waals surface area contributed by atoms with Crippen molar-refractivity contribution in [1.82, 2.24) is 34.4 Å². The first-order chi connectivity index (χ1) is 22.3. The van der Waals surface area contributed by atoms with Crippen molar-refractivity contribution in [3.05, 3.63) is 78.1 Å². The lowest BCUT2D eigenvalue weighted by atomic mass is 9.96. The molecule has 0 saturated heterocycles. The van der Waals surface area contributed by atoms with Gasteiger partial charge >= 0.3 is 0 Å². The summed E-state index contributed by atoms with van der Waals surface area (Å²) in [6.07, 6.45) is 4.78. The standard InChI is InChI=1S/C33H29F2N7O3S/c1-5-27(43)41-17-22-13-25(39-42(22)16-18(41)2)31-29(28-24(35)11-21(34)12-26(28)45-8-7-44-4)32-23(6-9-46-32)30(38-31)19-10-20-15-37-40(3)33(20)36-14-19/h5-6,9-15,18H,1,7-8,16-17H2,2-4H3. The maximum absolute atomic E-state index is 16.0. The van der Waals surface area contributed by atoms with Gasteiger partial charge in [-0.15, -0.1) is 11.3 Å². The fourth-order valence-corrected chi connectivity index (χ4v) is 6.87. The molecular formula is C33H29F2N7O3S. The van der Waals surface area contributed by atoms with Crippen LogP contribution in [-0.2, 0) is 29.7 Å². The zero-order valence-corrected chi connectivity index (χ0v) is 26.1. The van der Waals surface area contributed by atoms with Gasteiger partial charge in [-0.3, -0.25) is 14.2 Å². The van der Waals surface area contributed by atoms with Crippen LogP contribution < -0.4 is 4.74 Å². The highest BCUT2D eigenvalue weighted by molar-refractivity contribution is 7.18. The Morgan fingerprint density at radius 1 is 1.15 bits per heavy atom. The Hall–Kier alpha value is -5.01. The van der Waals surface area contributed by atoms with E-state index in [0.29, 0.717) is 35.7 Å². The Morgan fingerprint density at radius 3 is 2.80 bits per heavy atom. The normalized spacial score (nSPS) is 14.6. The number of pyridine rings is 2. The highest BCUT2D eigenvalue weighted by Gasteiger charge is 2.30. The highest BCUT2D eigenvalue weighted by atomic mass is 32.1. The smallest absolute Gasteiger partial charge is 0.246 e. The topological polar surface area (TPSA) is 100 Å². The third-order valence-corrected chi connectivity index (χ3v) is 9.06. The number of benzene rings is 1. The molecule has 0 spiro atoms. The molecule has 13 heteroatoms. The molecule has 1 atom stereocenters. The number of hydrogen-bond acceptors (Lipinski definition) is 8. The highest BCUT2D eigenvalue weighted by Crippen LogP contribution is 2.47. The molecule has 5 aromatic heterocycles. The molecule has 0 N–H and O–H groups in total. The molecule has 0 radical (unpaired) electrons. The summed E-state index contributed by atoms with van der Waals surface area (Å²) >= 11 is 1.41. The third-order valence-electron chi connectivity index (χ3n) is 8.13. The SMILES string of the molecule is C=CC(=O)N1Cc2cc(-c3nc(-c4cnc5c(cnn5C)c4)c4ccsc4c3-c3c(F)cc(F)cc3OCCOC)nn2CC1C. The minimum atomic E-state index is -0.795. The van der Waals surface area contributed by atoms with Gasteiger partial charge in [-0.25, -0.2) is 18.7 Å². The quantitative estimate of drug-likeness (QED) is 0.149. The van der Waals surface area contributed by atoms with E-state index in [2.05, 4.69) is 16.7 Å². The van der Waals surface area contributed by atoms with Crippen molar-refractivity contribution in [2.75, 3.05) is 20.3 Å². The zero-order chi connectivity index (χ0) is 32.1. The average molecular weight is 642 g/mol. The predicted molar refractivity (Wildman–Crippen MR) is 171 cm³/mol. The van der Waals surface area contributed by atoms with Crippen LogP contribution in [0.3, 0.4) is 0 Å². The van der Waals surface area contributed by atoms with E-state index in [-0.39, 0.29) is 36.5 Å². The van der Waals surface area contributed by atoms with Gasteiger partial charge in [0.1, 0.15) is 35.4 Å². The molecule has 46 heavy (non-hydrogen) atoms. The van der Waals surface area contributed by atoms with Crippen LogP contribution >= 0.6 is 11.3 Å². The van der Waals surface area contributed by atoms with Crippen LogP contribution in [0.15, 0.2) is 60.8 Å². The molecule has 0 bridgehead atoms. The average Bonchev–Trinajstić information content (AvgIpc) is 3.78. The van der Waals surface area contributed by atoms with E-state index < -0.39 is 11.6 Å². The lowest BCUT2D eigenvalue weighted by molar-refractivity contribution is -0.129. The molecule has 1 amide bonds. The molecule has 0 saturated carbocycles. The Bertz CT molecular complexity index is 2150. The van der Waals surface area contributed by atoms with Gasteiger partial charge in [0.2, 0.25) is 5.91 Å². The van der Waals surface area contributed by atoms with Crippen LogP contribution in [0.5, 0.6) is 5.75 Å². The van der Waals surface area contributed by atoms with Crippen molar-refractivity contribution in [3.63, 3.8) is 0 Å². The van der Waals surface area contributed by atoms with Crippen molar-refractivity contribution in [1.29, 1.82) is 0 Å². The van der Waals surface area contributed by atoms with Crippen LogP contribution in [-0.4, -0.2) is 66.7 Å². The molecule has 1 unspecified atom stereocenters. The summed E-state index contributed by atoms with van der Waals surface area (Å²) in [6, 6.07) is 7.64. The molecule has 0 aliphatic carbocycles. The van der Waals surface area contributed by atoms with Crippen molar-refractivity contribution in [2.24, 2.45) is 7.05 Å². The van der Waals surface area contributed by atoms with E-state index in [1.807, 2.05) is 42.2 Å². The molecule has 6 heterocycles. The molecule has 10 nitrogen and oxygen atoms in total. The first-order valence-corrected chi connectivity index (χ1v) is 15.5. The van der Waals surface area contributed by atoms with Crippen molar-refractivity contribution in [2.45, 2.75) is 26.1 Å². The van der Waals surface area contributed by atoms with Gasteiger partial charge in [0.15, 0.2) is 5.65 Å². The van der Waals surface area contributed by atoms with E-state index in [1.165, 1.54) is 30.6 Å². The summed E-state index contributed by atoms with van der Waals surface area (Å²) in [7, 11) is 3.35. The number of carbonyl (C=O) groups is 1. The van der Waals surface area contributed by atoms with Gasteiger partial charge in [0.05, 0.1) is 42.8 Å². The Kier molecular flexibility index (Phi) is 7.57. The lowest BCUT2D eigenvalue weighted by Gasteiger charge is -2.33. The number of ether oxygens (including phenoxy) is 2. The number of thiophene rings is 1. The Labute approximate surface area is 266 Å². The molecular weight excluding hydrogens is 612 g/mol. The number of aromatic nitrogens is 6. The first-order valence-electron chi connectivity index (χ1n) is 14.6. The summed E-state index contributed by atoms with van der Waals surface area (Å²) < 4.78 is 45.9. The second-order valence-corrected chi connectivity index (χ2v) is 12.0. The largest absolute Gasteiger partial charge is 0.490 e. The van der Waals surface area contributed by atoms with Crippen molar-refractivity contribution < 1.29 is 23.0 Å². The number of nitrogens with zero attached hydrogens (tertiary/aromatic N) is 7. The first kappa shape index (κ1) is 29.7. The van der Waals surface area contributed by atoms with Crippen LogP contribution in [0.1, 0.15) is 12.6 Å². The lowest BCUT2D eigenvalue weighted by Crippen LogP contribution is -2.44. The second-order valence-electron chi connectivity index (χ2n) is 11.1. The maximum Gasteiger partial charge on any atom is 0.246 e. The number of carbonyl (C=O) groups excluding carboxylic acids is 1. The van der Waals surface area contributed by atoms with E-state index >= 15 is 4.39 Å². The molecule has 234 valence electrons. The van der Waals surface area contributed by atoms with Crippen LogP contribution in [0.25, 0.3) is 54.9 Å². The van der Waals surface area contributed by atoms with Crippen LogP contribution in [0.4, 0.5) is 8.78 Å². The minimum absolute atomic E-state index is 0.0267. The zero-order valence-electron chi connectivity index (χ0n) is 25.3. The van der Waals surface area contributed by atoms with Crippen molar-refractivity contribution >= 4 is 38.4 Å². The number of methoxy groups -OCH3 is 1. The van der Waals surface area contributed by atoms with E-state index in [9.17, 15) is 9.18 Å². The Morgan fingerprint density at radius 2 is 2.00 bits per heavy atom. The van der Waals surface area contributed by atoms with Gasteiger partial charge in [-0.2, -0.15) is 10.2 Å². The van der Waals surface area contributed by atoms with Gasteiger partial charge in [-0.1, -0.05) is 6.58 Å². The monoisotopic (exact) mass is 641 g/mol. The van der Waals surface area contributed by atoms with E-state index in [4.69, 9.17) is 19.6 Å². The van der Waals surface area contributed by atoms with Gasteiger partial charge in [-0.05, 0) is 36.6 Å². The fraction of sp³-hybridized carbons (Fsp3) is 0.242. The summed E-state index contributed by atoms with van der Waals surface area (Å²) in [5.41, 5.74) is 4.24. The number of hydrogen-bond donors (Lipinski definition) is 0. The fourth-order valence-electron chi connectivity index (χ4n) is 5.92. The summed E-state index contributed by atoms with van der Waals surface area (Å²) in [5, 5.41) is 12.8. The molecule has 6 aromatic rings. The molecule has 1 aromatic carbocycles. The summed E-state index contributed by atoms with van der Waals surface area (Å²) in [6.45, 7) is 6.68. The van der Waals surface area contributed by atoms with Gasteiger partial charge in [0.25, 0.3) is 0 Å². The van der Waals surface area contributed by atoms with Crippen molar-refractivity contribution in [3.8, 4) is 39.5 Å². The molecule has 1 aliphatic heterocycles. The maximum atomic E-state index is 16.0. The molecule has 1 aliphatic rings. The second kappa shape index (κ2) is 11.7. The number of fused-ring (bicyclic) bond motifs is 3. The summed E-state index contributed by atoms with van der Waals surface area (Å²) in [5.74, 6) is -1.71. The number of rotatable bonds is 8. The van der Waals surface area contributed by atoms with Gasteiger partial charge < -0.3 is 14.4 Å². The van der Waals surface area contributed by atoms with Crippen LogP contribution in [0.2, 0.25) is 0 Å². The molecule has 7 rings (SSSR count). The Balaban J connectivity index is 1.49. The minimum Gasteiger partial charge on any atom is -0.490 e. The number of aryl methyl sites for hydroxylation is 1. The van der Waals surface area contributed by atoms with E-state index in [1.54, 1.807) is 22.0 Å². The predicted octanol–water partition coefficient (Wildman–Crippen LogP) is 6.00. The third kappa shape index (κ3) is 5.01. The summed E-state index contributed by atoms with van der Waals surface area (Å²) in [4.78, 5) is 24.1. The van der Waals surface area contributed by atoms with Crippen LogP contribution in [0, 0.1) is 11.6 Å². The number of halogens is 2. The molecule has 0 fully saturated rings. The van der Waals surface area contributed by atoms with Gasteiger partial charge in [0, 0.05) is 65.1 Å². The number of amides is 1.